The van der Waals surface area contributed by atoms with Crippen LogP contribution in [0.2, 0.25) is 0 Å². The van der Waals surface area contributed by atoms with Crippen molar-refractivity contribution in [2.24, 2.45) is 0 Å². The molecule has 0 spiro atoms. The van der Waals surface area contributed by atoms with Gasteiger partial charge in [-0.2, -0.15) is 0 Å². The highest BCUT2D eigenvalue weighted by Gasteiger charge is 2.40. The van der Waals surface area contributed by atoms with E-state index in [1.807, 2.05) is 78.0 Å². The first-order valence-corrected chi connectivity index (χ1v) is 22.1. The molecule has 8 rings (SSSR count). The van der Waals surface area contributed by atoms with Crippen LogP contribution in [0.1, 0.15) is 85.1 Å². The zero-order chi connectivity index (χ0) is 39.9. The Morgan fingerprint density at radius 3 is 1.90 bits per heavy atom. The first-order chi connectivity index (χ1) is 28.4. The summed E-state index contributed by atoms with van der Waals surface area (Å²) in [7, 11) is 0. The van der Waals surface area contributed by atoms with Gasteiger partial charge >= 0.3 is 0 Å². The van der Waals surface area contributed by atoms with Gasteiger partial charge in [-0.05, 0) is 72.0 Å². The third-order valence-electron chi connectivity index (χ3n) is 11.5. The van der Waals surface area contributed by atoms with Crippen LogP contribution in [-0.2, 0) is 26.3 Å². The quantitative estimate of drug-likeness (QED) is 0.104. The second-order valence-electron chi connectivity index (χ2n) is 15.4. The molecule has 6 aromatic rings. The summed E-state index contributed by atoms with van der Waals surface area (Å²) >= 11 is 3.39. The number of hydrogen-bond acceptors (Lipinski definition) is 8. The Morgan fingerprint density at radius 1 is 0.741 bits per heavy atom. The zero-order valence-corrected chi connectivity index (χ0v) is 34.5. The Labute approximate surface area is 349 Å². The van der Waals surface area contributed by atoms with E-state index in [4.69, 9.17) is 9.97 Å². The molecule has 8 nitrogen and oxygen atoms in total. The maximum absolute atomic E-state index is 13.2. The number of aldehydes is 1. The first kappa shape index (κ1) is 39.5. The monoisotopic (exact) mass is 807 g/mol. The molecule has 3 atom stereocenters. The van der Waals surface area contributed by atoms with Crippen LogP contribution in [0, 0.1) is 0 Å². The van der Waals surface area contributed by atoms with E-state index in [0.29, 0.717) is 19.4 Å². The molecule has 4 aromatic carbocycles. The minimum atomic E-state index is -1.13. The van der Waals surface area contributed by atoms with Crippen molar-refractivity contribution in [1.29, 1.82) is 0 Å². The van der Waals surface area contributed by atoms with Crippen molar-refractivity contribution < 1.29 is 14.4 Å². The molecule has 0 unspecified atom stereocenters. The Kier molecular flexibility index (Phi) is 12.3. The molecule has 2 amide bonds. The molecule has 2 saturated heterocycles. The van der Waals surface area contributed by atoms with Crippen LogP contribution < -0.4 is 5.32 Å². The van der Waals surface area contributed by atoms with Crippen molar-refractivity contribution in [1.82, 2.24) is 25.1 Å². The Hall–Kier alpha value is -5.29. The molecule has 0 aliphatic carbocycles. The zero-order valence-electron chi connectivity index (χ0n) is 32.9. The topological polar surface area (TPSA) is 95.5 Å². The standard InChI is InChI=1S/C48H49N5O3S2/c1-2-3-18-44(55)51-48(33-54,39-14-8-5-9-15-39)32-52-27-10-16-40(52)46-49-30-42(57-46)37-23-19-35(20-24-37)36-21-25-38(26-22-36)43-31-50-47(58-43)41-17-11-28-53(41)45(56)29-34-12-6-4-7-13-34/h4-9,12-15,19-26,30-31,33,40-41H,2-3,10-11,16-18,27-29,32H2,1H3,(H,51,55)/t40-,41-,48+/m0/s1. The number of carbonyl (C=O) groups excluding carboxylic acids is 3. The normalized spacial score (nSPS) is 17.9. The van der Waals surface area contributed by atoms with Gasteiger partial charge in [0.15, 0.2) is 6.29 Å². The molecule has 0 saturated carbocycles. The highest BCUT2D eigenvalue weighted by molar-refractivity contribution is 7.15. The summed E-state index contributed by atoms with van der Waals surface area (Å²) in [6.07, 6.45) is 11.2. The smallest absolute Gasteiger partial charge is 0.227 e. The molecule has 0 radical (unpaired) electrons. The van der Waals surface area contributed by atoms with Crippen molar-refractivity contribution in [2.45, 2.75) is 75.9 Å². The van der Waals surface area contributed by atoms with Gasteiger partial charge < -0.3 is 15.0 Å². The maximum Gasteiger partial charge on any atom is 0.227 e. The van der Waals surface area contributed by atoms with Crippen molar-refractivity contribution in [3.05, 3.63) is 143 Å². The van der Waals surface area contributed by atoms with Gasteiger partial charge in [-0.1, -0.05) is 123 Å². The lowest BCUT2D eigenvalue weighted by molar-refractivity contribution is -0.131. The first-order valence-electron chi connectivity index (χ1n) is 20.5. The molecule has 4 heterocycles. The molecular weight excluding hydrogens is 759 g/mol. The van der Waals surface area contributed by atoms with Crippen LogP contribution in [0.25, 0.3) is 32.0 Å². The maximum atomic E-state index is 13.2. The number of aromatic nitrogens is 2. The van der Waals surface area contributed by atoms with Crippen LogP contribution in [0.5, 0.6) is 0 Å². The van der Waals surface area contributed by atoms with Crippen molar-refractivity contribution in [3.63, 3.8) is 0 Å². The Morgan fingerprint density at radius 2 is 1.29 bits per heavy atom. The number of rotatable bonds is 15. The van der Waals surface area contributed by atoms with Gasteiger partial charge in [-0.15, -0.1) is 22.7 Å². The van der Waals surface area contributed by atoms with E-state index < -0.39 is 5.54 Å². The fraction of sp³-hybridized carbons (Fsp3) is 0.312. The molecule has 2 fully saturated rings. The minimum absolute atomic E-state index is 0.0374. The second-order valence-corrected chi connectivity index (χ2v) is 17.5. The van der Waals surface area contributed by atoms with Crippen LogP contribution >= 0.6 is 22.7 Å². The van der Waals surface area contributed by atoms with Gasteiger partial charge in [0, 0.05) is 31.9 Å². The summed E-state index contributed by atoms with van der Waals surface area (Å²) in [6, 6.07) is 37.0. The van der Waals surface area contributed by atoms with Crippen LogP contribution in [0.3, 0.4) is 0 Å². The van der Waals surface area contributed by atoms with E-state index in [0.717, 1.165) is 111 Å². The molecule has 2 aliphatic rings. The molecular formula is C48H49N5O3S2. The van der Waals surface area contributed by atoms with Crippen molar-refractivity contribution in [2.75, 3.05) is 19.6 Å². The van der Waals surface area contributed by atoms with Crippen molar-refractivity contribution >= 4 is 40.8 Å². The third kappa shape index (κ3) is 8.74. The highest BCUT2D eigenvalue weighted by atomic mass is 32.1. The number of thiazole rings is 2. The number of unbranched alkanes of at least 4 members (excludes halogenated alkanes) is 1. The summed E-state index contributed by atoms with van der Waals surface area (Å²) in [5, 5.41) is 5.17. The molecule has 10 heteroatoms. The third-order valence-corrected chi connectivity index (χ3v) is 13.8. The van der Waals surface area contributed by atoms with Gasteiger partial charge in [-0.25, -0.2) is 9.97 Å². The predicted molar refractivity (Wildman–Crippen MR) is 233 cm³/mol. The average molecular weight is 808 g/mol. The molecule has 58 heavy (non-hydrogen) atoms. The molecule has 296 valence electrons. The SMILES string of the molecule is CCCCC(=O)N[C@@](C=O)(CN1CCC[C@H]1c1ncc(-c2ccc(-c3ccc(-c4cnc([C@@H]5CCCN5C(=O)Cc5ccccc5)s4)cc3)cc2)s1)c1ccccc1. The Balaban J connectivity index is 0.921. The average Bonchev–Trinajstić information content (AvgIpc) is 4.11. The number of nitrogens with one attached hydrogen (secondary N) is 1. The minimum Gasteiger partial charge on any atom is -0.339 e. The Bertz CT molecular complexity index is 2310. The summed E-state index contributed by atoms with van der Waals surface area (Å²) < 4.78 is 0. The fourth-order valence-electron chi connectivity index (χ4n) is 8.34. The highest BCUT2D eigenvalue weighted by Crippen LogP contribution is 2.40. The number of hydrogen-bond donors (Lipinski definition) is 1. The summed E-state index contributed by atoms with van der Waals surface area (Å²) in [5.41, 5.74) is 5.22. The van der Waals surface area contributed by atoms with E-state index in [1.54, 1.807) is 22.7 Å². The van der Waals surface area contributed by atoms with E-state index in [2.05, 4.69) is 65.7 Å². The lowest BCUT2D eigenvalue weighted by Gasteiger charge is -2.36. The number of amides is 2. The second kappa shape index (κ2) is 18.1. The van der Waals surface area contributed by atoms with Crippen LogP contribution in [0.4, 0.5) is 0 Å². The summed E-state index contributed by atoms with van der Waals surface area (Å²) in [5.74, 6) is 0.0678. The van der Waals surface area contributed by atoms with Crippen LogP contribution in [-0.4, -0.2) is 57.5 Å². The van der Waals surface area contributed by atoms with Gasteiger partial charge in [0.05, 0.1) is 28.3 Å². The predicted octanol–water partition coefficient (Wildman–Crippen LogP) is 10.0. The van der Waals surface area contributed by atoms with Gasteiger partial charge in [-0.3, -0.25) is 14.5 Å². The molecule has 2 aromatic heterocycles. The van der Waals surface area contributed by atoms with Gasteiger partial charge in [0.2, 0.25) is 11.8 Å². The lowest BCUT2D eigenvalue weighted by atomic mass is 9.90. The van der Waals surface area contributed by atoms with Gasteiger partial charge in [0.25, 0.3) is 0 Å². The van der Waals surface area contributed by atoms with Crippen LogP contribution in [0.15, 0.2) is 122 Å². The number of benzene rings is 4. The van der Waals surface area contributed by atoms with Gasteiger partial charge in [0.1, 0.15) is 15.6 Å². The number of likely N-dealkylation sites (tertiary alicyclic amines) is 2. The largest absolute Gasteiger partial charge is 0.339 e. The molecule has 0 bridgehead atoms. The fourth-order valence-corrected chi connectivity index (χ4v) is 10.5. The summed E-state index contributed by atoms with van der Waals surface area (Å²) in [6.45, 7) is 4.07. The van der Waals surface area contributed by atoms with E-state index in [9.17, 15) is 14.4 Å². The number of nitrogens with zero attached hydrogens (tertiary/aromatic N) is 4. The van der Waals surface area contributed by atoms with E-state index in [1.165, 1.54) is 0 Å². The lowest BCUT2D eigenvalue weighted by Crippen LogP contribution is -2.54. The molecule has 1 N–H and O–H groups in total. The van der Waals surface area contributed by atoms with E-state index >= 15 is 0 Å². The summed E-state index contributed by atoms with van der Waals surface area (Å²) in [4.78, 5) is 55.4. The number of carbonyl (C=O) groups is 3. The van der Waals surface area contributed by atoms with E-state index in [-0.39, 0.29) is 23.9 Å². The van der Waals surface area contributed by atoms with Crippen molar-refractivity contribution in [3.8, 4) is 32.0 Å². The molecule has 2 aliphatic heterocycles.